The number of amides is 1. The first-order chi connectivity index (χ1) is 14.2. The third-order valence-corrected chi connectivity index (χ3v) is 5.42. The molecule has 3 aromatic rings. The zero-order valence-electron chi connectivity index (χ0n) is 16.6. The maximum Gasteiger partial charge on any atom is 0.237 e. The summed E-state index contributed by atoms with van der Waals surface area (Å²) in [6.45, 7) is 5.05. The highest BCUT2D eigenvalue weighted by molar-refractivity contribution is 6.27. The predicted octanol–water partition coefficient (Wildman–Crippen LogP) is 3.05. The minimum atomic E-state index is -0.00933. The quantitative estimate of drug-likeness (QED) is 0.602. The van der Waals surface area contributed by atoms with Gasteiger partial charge in [-0.1, -0.05) is 25.1 Å². The summed E-state index contributed by atoms with van der Waals surface area (Å²) in [4.78, 5) is 25.8. The molecule has 1 saturated heterocycles. The standard InChI is InChI=1S/C21H25ClN6O/c1-2-7-18-24-20(27-11-6-10-26(12-13-27)19(29)14-22)17-15-23-28(21(17)25-18)16-8-4-3-5-9-16/h3-5,8-9,15H,2,6-7,10-14H2,1H3. The lowest BCUT2D eigenvalue weighted by atomic mass is 10.2. The van der Waals surface area contributed by atoms with E-state index in [9.17, 15) is 4.79 Å². The van der Waals surface area contributed by atoms with Gasteiger partial charge < -0.3 is 9.80 Å². The van der Waals surface area contributed by atoms with Crippen LogP contribution >= 0.6 is 11.6 Å². The van der Waals surface area contributed by atoms with Crippen LogP contribution in [0.3, 0.4) is 0 Å². The van der Waals surface area contributed by atoms with Crippen LogP contribution in [-0.4, -0.2) is 62.6 Å². The number of carbonyl (C=O) groups is 1. The number of halogens is 1. The molecule has 7 nitrogen and oxygen atoms in total. The van der Waals surface area contributed by atoms with E-state index in [2.05, 4.69) is 16.9 Å². The molecule has 4 rings (SSSR count). The molecular weight excluding hydrogens is 388 g/mol. The lowest BCUT2D eigenvalue weighted by molar-refractivity contribution is -0.128. The first-order valence-electron chi connectivity index (χ1n) is 10.1. The third-order valence-electron chi connectivity index (χ3n) is 5.19. The number of hydrogen-bond donors (Lipinski definition) is 0. The molecule has 1 aliphatic rings. The minimum absolute atomic E-state index is 0.00933. The summed E-state index contributed by atoms with van der Waals surface area (Å²) in [6, 6.07) is 10.0. The normalized spacial score (nSPS) is 15.0. The van der Waals surface area contributed by atoms with Crippen LogP contribution in [-0.2, 0) is 11.2 Å². The molecule has 1 fully saturated rings. The van der Waals surface area contributed by atoms with Crippen molar-refractivity contribution in [3.05, 3.63) is 42.4 Å². The van der Waals surface area contributed by atoms with Crippen LogP contribution in [0.4, 0.5) is 5.82 Å². The molecule has 0 spiro atoms. The number of hydrogen-bond acceptors (Lipinski definition) is 5. The molecule has 8 heteroatoms. The zero-order chi connectivity index (χ0) is 20.2. The number of alkyl halides is 1. The molecule has 152 valence electrons. The van der Waals surface area contributed by atoms with Crippen LogP contribution in [0.2, 0.25) is 0 Å². The maximum absolute atomic E-state index is 12.0. The van der Waals surface area contributed by atoms with E-state index in [1.165, 1.54) is 0 Å². The molecule has 1 aromatic carbocycles. The van der Waals surface area contributed by atoms with Crippen molar-refractivity contribution < 1.29 is 4.79 Å². The molecule has 0 N–H and O–H groups in total. The highest BCUT2D eigenvalue weighted by Gasteiger charge is 2.23. The monoisotopic (exact) mass is 412 g/mol. The van der Waals surface area contributed by atoms with Gasteiger partial charge in [-0.25, -0.2) is 14.6 Å². The summed E-state index contributed by atoms with van der Waals surface area (Å²) >= 11 is 5.75. The van der Waals surface area contributed by atoms with E-state index in [4.69, 9.17) is 21.6 Å². The van der Waals surface area contributed by atoms with Gasteiger partial charge in [-0.15, -0.1) is 11.6 Å². The van der Waals surface area contributed by atoms with Gasteiger partial charge in [0.2, 0.25) is 5.91 Å². The van der Waals surface area contributed by atoms with Gasteiger partial charge in [-0.3, -0.25) is 4.79 Å². The predicted molar refractivity (Wildman–Crippen MR) is 115 cm³/mol. The summed E-state index contributed by atoms with van der Waals surface area (Å²) in [5, 5.41) is 5.54. The molecular formula is C21H25ClN6O. The van der Waals surface area contributed by atoms with Gasteiger partial charge in [0.25, 0.3) is 0 Å². The first kappa shape index (κ1) is 19.6. The van der Waals surface area contributed by atoms with E-state index >= 15 is 0 Å². The van der Waals surface area contributed by atoms with Gasteiger partial charge in [0.05, 0.1) is 17.3 Å². The van der Waals surface area contributed by atoms with Crippen molar-refractivity contribution in [2.24, 2.45) is 0 Å². The number of para-hydroxylation sites is 1. The highest BCUT2D eigenvalue weighted by Crippen LogP contribution is 2.27. The molecule has 1 aliphatic heterocycles. The first-order valence-corrected chi connectivity index (χ1v) is 10.6. The SMILES string of the molecule is CCCc1nc(N2CCCN(C(=O)CCl)CC2)c2cnn(-c3ccccc3)c2n1. The fourth-order valence-electron chi connectivity index (χ4n) is 3.73. The number of carbonyl (C=O) groups excluding carboxylic acids is 1. The molecule has 1 amide bonds. The van der Waals surface area contributed by atoms with E-state index in [-0.39, 0.29) is 11.8 Å². The van der Waals surface area contributed by atoms with E-state index in [1.54, 1.807) is 0 Å². The van der Waals surface area contributed by atoms with Crippen LogP contribution in [0.25, 0.3) is 16.7 Å². The van der Waals surface area contributed by atoms with Crippen molar-refractivity contribution in [2.75, 3.05) is 37.0 Å². The lowest BCUT2D eigenvalue weighted by Crippen LogP contribution is -2.36. The summed E-state index contributed by atoms with van der Waals surface area (Å²) in [6.07, 6.45) is 4.51. The molecule has 0 radical (unpaired) electrons. The van der Waals surface area contributed by atoms with Gasteiger partial charge in [0.15, 0.2) is 5.65 Å². The Hall–Kier alpha value is -2.67. The number of anilines is 1. The Bertz CT molecular complexity index is 990. The number of nitrogens with zero attached hydrogens (tertiary/aromatic N) is 6. The van der Waals surface area contributed by atoms with Crippen molar-refractivity contribution in [3.8, 4) is 5.69 Å². The Morgan fingerprint density at radius 1 is 1.10 bits per heavy atom. The molecule has 0 atom stereocenters. The Kier molecular flexibility index (Phi) is 5.94. The Morgan fingerprint density at radius 2 is 1.93 bits per heavy atom. The zero-order valence-corrected chi connectivity index (χ0v) is 17.3. The van der Waals surface area contributed by atoms with Gasteiger partial charge >= 0.3 is 0 Å². The van der Waals surface area contributed by atoms with Gasteiger partial charge in [0, 0.05) is 32.6 Å². The second-order valence-electron chi connectivity index (χ2n) is 7.20. The largest absolute Gasteiger partial charge is 0.354 e. The number of benzene rings is 1. The Morgan fingerprint density at radius 3 is 2.69 bits per heavy atom. The molecule has 2 aromatic heterocycles. The molecule has 0 unspecified atom stereocenters. The lowest BCUT2D eigenvalue weighted by Gasteiger charge is -2.23. The van der Waals surface area contributed by atoms with Crippen molar-refractivity contribution in [2.45, 2.75) is 26.2 Å². The van der Waals surface area contributed by atoms with Crippen LogP contribution < -0.4 is 4.90 Å². The number of aryl methyl sites for hydroxylation is 1. The minimum Gasteiger partial charge on any atom is -0.354 e. The highest BCUT2D eigenvalue weighted by atomic mass is 35.5. The Labute approximate surface area is 175 Å². The average molecular weight is 413 g/mol. The molecule has 3 heterocycles. The second-order valence-corrected chi connectivity index (χ2v) is 7.46. The molecule has 0 aliphatic carbocycles. The van der Waals surface area contributed by atoms with Crippen molar-refractivity contribution >= 4 is 34.4 Å². The van der Waals surface area contributed by atoms with Gasteiger partial charge in [0.1, 0.15) is 17.5 Å². The van der Waals surface area contributed by atoms with Gasteiger partial charge in [-0.2, -0.15) is 5.10 Å². The van der Waals surface area contributed by atoms with Crippen molar-refractivity contribution in [3.63, 3.8) is 0 Å². The maximum atomic E-state index is 12.0. The van der Waals surface area contributed by atoms with Crippen LogP contribution in [0.15, 0.2) is 36.5 Å². The van der Waals surface area contributed by atoms with E-state index in [0.29, 0.717) is 6.54 Å². The summed E-state index contributed by atoms with van der Waals surface area (Å²) in [7, 11) is 0. The van der Waals surface area contributed by atoms with Crippen LogP contribution in [0.5, 0.6) is 0 Å². The molecule has 29 heavy (non-hydrogen) atoms. The third kappa shape index (κ3) is 4.05. The van der Waals surface area contributed by atoms with Crippen molar-refractivity contribution in [1.82, 2.24) is 24.6 Å². The molecule has 0 saturated carbocycles. The summed E-state index contributed by atoms with van der Waals surface area (Å²) in [5.74, 6) is 1.75. The number of fused-ring (bicyclic) bond motifs is 1. The Balaban J connectivity index is 1.74. The fourth-order valence-corrected chi connectivity index (χ4v) is 3.90. The number of rotatable bonds is 5. The summed E-state index contributed by atoms with van der Waals surface area (Å²) in [5.41, 5.74) is 1.80. The van der Waals surface area contributed by atoms with Crippen molar-refractivity contribution in [1.29, 1.82) is 0 Å². The topological polar surface area (TPSA) is 67.2 Å². The average Bonchev–Trinajstić information content (AvgIpc) is 3.02. The van der Waals surface area contributed by atoms with E-state index in [1.807, 2.05) is 46.1 Å². The van der Waals surface area contributed by atoms with E-state index in [0.717, 1.165) is 67.3 Å². The van der Waals surface area contributed by atoms with Gasteiger partial charge in [-0.05, 0) is 25.0 Å². The number of aromatic nitrogens is 4. The molecule has 0 bridgehead atoms. The van der Waals surface area contributed by atoms with Crippen LogP contribution in [0, 0.1) is 0 Å². The smallest absolute Gasteiger partial charge is 0.237 e. The van der Waals surface area contributed by atoms with E-state index < -0.39 is 0 Å². The second kappa shape index (κ2) is 8.78. The summed E-state index contributed by atoms with van der Waals surface area (Å²) < 4.78 is 1.88. The fraction of sp³-hybridized carbons (Fsp3) is 0.429. The van der Waals surface area contributed by atoms with Crippen LogP contribution in [0.1, 0.15) is 25.6 Å².